The molecule has 0 spiro atoms. The average Bonchev–Trinajstić information content (AvgIpc) is 3.16. The van der Waals surface area contributed by atoms with E-state index in [9.17, 15) is 4.79 Å². The van der Waals surface area contributed by atoms with Crippen LogP contribution in [0.4, 0.5) is 0 Å². The Kier molecular flexibility index (Phi) is 4.14. The summed E-state index contributed by atoms with van der Waals surface area (Å²) in [6.45, 7) is 0. The molecule has 2 aliphatic carbocycles. The highest BCUT2D eigenvalue weighted by molar-refractivity contribution is 7.20. The number of aromatic nitrogens is 1. The highest BCUT2D eigenvalue weighted by Gasteiger charge is 2.40. The van der Waals surface area contributed by atoms with Crippen LogP contribution < -0.4 is 0 Å². The fourth-order valence-electron chi connectivity index (χ4n) is 3.95. The first kappa shape index (κ1) is 16.2. The molecular weight excluding hydrogens is 360 g/mol. The lowest BCUT2D eigenvalue weighted by Gasteiger charge is -2.36. The Labute approximate surface area is 161 Å². The maximum atomic E-state index is 13.4. The van der Waals surface area contributed by atoms with E-state index in [1.807, 2.05) is 16.8 Å². The molecule has 1 aromatic carbocycles. The number of fused-ring (bicyclic) bond motifs is 1. The number of thiophene rings is 1. The van der Waals surface area contributed by atoms with E-state index in [0.717, 1.165) is 42.0 Å². The fraction of sp³-hybridized carbons (Fsp3) is 0.333. The first-order valence-corrected chi connectivity index (χ1v) is 11.0. The summed E-state index contributed by atoms with van der Waals surface area (Å²) in [5.74, 6) is 0.105. The number of thiazole rings is 1. The lowest BCUT2D eigenvalue weighted by atomic mass is 9.86. The van der Waals surface area contributed by atoms with Gasteiger partial charge in [-0.05, 0) is 54.7 Å². The second-order valence-corrected chi connectivity index (χ2v) is 8.87. The molecule has 2 aromatic heterocycles. The predicted molar refractivity (Wildman–Crippen MR) is 107 cm³/mol. The smallest absolute Gasteiger partial charge is 0.274 e. The Hall–Kier alpha value is -1.98. The first-order chi connectivity index (χ1) is 12.8. The van der Waals surface area contributed by atoms with Gasteiger partial charge >= 0.3 is 0 Å². The molecule has 1 fully saturated rings. The van der Waals surface area contributed by atoms with E-state index in [-0.39, 0.29) is 11.9 Å². The first-order valence-electron chi connectivity index (χ1n) is 9.21. The van der Waals surface area contributed by atoms with E-state index in [0.29, 0.717) is 11.7 Å². The Balaban J connectivity index is 1.48. The average molecular weight is 381 g/mol. The number of carbonyl (C=O) groups is 1. The SMILES string of the molecule is O=C(c1csc(-c2cccs2)n1)N(C1CC1)C1CCCc2ccccc21. The van der Waals surface area contributed by atoms with E-state index < -0.39 is 0 Å². The van der Waals surface area contributed by atoms with Crippen LogP contribution in [-0.2, 0) is 6.42 Å². The van der Waals surface area contributed by atoms with Crippen LogP contribution in [-0.4, -0.2) is 21.8 Å². The summed E-state index contributed by atoms with van der Waals surface area (Å²) >= 11 is 3.24. The van der Waals surface area contributed by atoms with Gasteiger partial charge in [0.1, 0.15) is 10.7 Å². The molecule has 132 valence electrons. The minimum Gasteiger partial charge on any atom is -0.327 e. The molecule has 26 heavy (non-hydrogen) atoms. The zero-order valence-corrected chi connectivity index (χ0v) is 16.1. The molecule has 2 heterocycles. The number of benzene rings is 1. The van der Waals surface area contributed by atoms with Crippen LogP contribution >= 0.6 is 22.7 Å². The number of rotatable bonds is 4. The van der Waals surface area contributed by atoms with Gasteiger partial charge in [0, 0.05) is 11.4 Å². The molecule has 1 amide bonds. The zero-order chi connectivity index (χ0) is 17.5. The van der Waals surface area contributed by atoms with Gasteiger partial charge in [-0.2, -0.15) is 0 Å². The van der Waals surface area contributed by atoms with Crippen LogP contribution in [0, 0.1) is 0 Å². The fourth-order valence-corrected chi connectivity index (χ4v) is 5.56. The summed E-state index contributed by atoms with van der Waals surface area (Å²) in [6.07, 6.45) is 5.56. The van der Waals surface area contributed by atoms with Crippen molar-refractivity contribution in [3.8, 4) is 9.88 Å². The van der Waals surface area contributed by atoms with Crippen LogP contribution in [0.25, 0.3) is 9.88 Å². The van der Waals surface area contributed by atoms with Gasteiger partial charge in [-0.1, -0.05) is 30.3 Å². The van der Waals surface area contributed by atoms with Crippen LogP contribution in [0.3, 0.4) is 0 Å². The van der Waals surface area contributed by atoms with Crippen molar-refractivity contribution in [2.75, 3.05) is 0 Å². The van der Waals surface area contributed by atoms with Crippen molar-refractivity contribution in [3.63, 3.8) is 0 Å². The van der Waals surface area contributed by atoms with Crippen molar-refractivity contribution < 1.29 is 4.79 Å². The van der Waals surface area contributed by atoms with E-state index in [1.165, 1.54) is 11.1 Å². The van der Waals surface area contributed by atoms with Crippen LogP contribution in [0.2, 0.25) is 0 Å². The summed E-state index contributed by atoms with van der Waals surface area (Å²) in [6, 6.07) is 13.3. The van der Waals surface area contributed by atoms with Gasteiger partial charge in [0.2, 0.25) is 0 Å². The largest absolute Gasteiger partial charge is 0.327 e. The van der Waals surface area contributed by atoms with E-state index in [2.05, 4.69) is 40.2 Å². The molecule has 1 atom stereocenters. The van der Waals surface area contributed by atoms with Crippen molar-refractivity contribution in [1.29, 1.82) is 0 Å². The maximum Gasteiger partial charge on any atom is 0.274 e. The third-order valence-corrected chi connectivity index (χ3v) is 7.18. The van der Waals surface area contributed by atoms with Gasteiger partial charge in [0.25, 0.3) is 5.91 Å². The van der Waals surface area contributed by atoms with Gasteiger partial charge in [0.05, 0.1) is 10.9 Å². The minimum absolute atomic E-state index is 0.105. The quantitative estimate of drug-likeness (QED) is 0.594. The topological polar surface area (TPSA) is 33.2 Å². The van der Waals surface area contributed by atoms with Gasteiger partial charge < -0.3 is 4.90 Å². The monoisotopic (exact) mass is 380 g/mol. The summed E-state index contributed by atoms with van der Waals surface area (Å²) in [5.41, 5.74) is 3.35. The predicted octanol–water partition coefficient (Wildman–Crippen LogP) is 5.55. The molecule has 1 unspecified atom stereocenters. The molecule has 0 aliphatic heterocycles. The third-order valence-electron chi connectivity index (χ3n) is 5.30. The third kappa shape index (κ3) is 2.89. The highest BCUT2D eigenvalue weighted by atomic mass is 32.1. The normalized spacial score (nSPS) is 19.2. The number of aryl methyl sites for hydroxylation is 1. The Bertz CT molecular complexity index is 927. The summed E-state index contributed by atoms with van der Waals surface area (Å²) in [7, 11) is 0. The van der Waals surface area contributed by atoms with Crippen LogP contribution in [0.1, 0.15) is 53.3 Å². The van der Waals surface area contributed by atoms with Crippen molar-refractivity contribution in [1.82, 2.24) is 9.88 Å². The second kappa shape index (κ2) is 6.63. The molecule has 5 heteroatoms. The van der Waals surface area contributed by atoms with Crippen LogP contribution in [0.15, 0.2) is 47.2 Å². The molecular formula is C21H20N2OS2. The summed E-state index contributed by atoms with van der Waals surface area (Å²) < 4.78 is 0. The van der Waals surface area contributed by atoms with Crippen LogP contribution in [0.5, 0.6) is 0 Å². The molecule has 5 rings (SSSR count). The number of amides is 1. The second-order valence-electron chi connectivity index (χ2n) is 7.07. The molecule has 3 aromatic rings. The summed E-state index contributed by atoms with van der Waals surface area (Å²) in [4.78, 5) is 21.3. The molecule has 2 aliphatic rings. The van der Waals surface area contributed by atoms with E-state index >= 15 is 0 Å². The van der Waals surface area contributed by atoms with Gasteiger partial charge in [-0.15, -0.1) is 22.7 Å². The standard InChI is InChI=1S/C21H20N2OS2/c24-21(17-13-26-20(22-17)19-9-4-12-25-19)23(15-10-11-15)18-8-3-6-14-5-1-2-7-16(14)18/h1-2,4-5,7,9,12-13,15,18H,3,6,8,10-11H2. The molecule has 1 saturated carbocycles. The minimum atomic E-state index is 0.105. The maximum absolute atomic E-state index is 13.4. The number of hydrogen-bond donors (Lipinski definition) is 0. The Morgan fingerprint density at radius 3 is 2.77 bits per heavy atom. The molecule has 0 bridgehead atoms. The van der Waals surface area contributed by atoms with Gasteiger partial charge in [-0.3, -0.25) is 4.79 Å². The number of carbonyl (C=O) groups excluding carboxylic acids is 1. The number of hydrogen-bond acceptors (Lipinski definition) is 4. The van der Waals surface area contributed by atoms with Gasteiger partial charge in [0.15, 0.2) is 0 Å². The Morgan fingerprint density at radius 1 is 1.08 bits per heavy atom. The van der Waals surface area contributed by atoms with Crippen molar-refractivity contribution in [3.05, 3.63) is 64.0 Å². The number of nitrogens with zero attached hydrogens (tertiary/aromatic N) is 2. The lowest BCUT2D eigenvalue weighted by Crippen LogP contribution is -2.38. The highest BCUT2D eigenvalue weighted by Crippen LogP contribution is 2.42. The zero-order valence-electron chi connectivity index (χ0n) is 14.4. The summed E-state index contributed by atoms with van der Waals surface area (Å²) in [5, 5.41) is 4.93. The molecule has 0 saturated heterocycles. The molecule has 0 radical (unpaired) electrons. The van der Waals surface area contributed by atoms with Crippen molar-refractivity contribution in [2.45, 2.75) is 44.2 Å². The van der Waals surface area contributed by atoms with E-state index in [4.69, 9.17) is 0 Å². The molecule has 3 nitrogen and oxygen atoms in total. The van der Waals surface area contributed by atoms with E-state index in [1.54, 1.807) is 22.7 Å². The molecule has 0 N–H and O–H groups in total. The Morgan fingerprint density at radius 2 is 1.96 bits per heavy atom. The lowest BCUT2D eigenvalue weighted by molar-refractivity contribution is 0.0632. The van der Waals surface area contributed by atoms with Crippen molar-refractivity contribution in [2.24, 2.45) is 0 Å². The van der Waals surface area contributed by atoms with Crippen molar-refractivity contribution >= 4 is 28.6 Å². The van der Waals surface area contributed by atoms with Gasteiger partial charge in [-0.25, -0.2) is 4.98 Å².